The van der Waals surface area contributed by atoms with Gasteiger partial charge in [0.05, 0.1) is 16.9 Å². The molecule has 1 spiro atoms. The molecule has 1 aliphatic heterocycles. The van der Waals surface area contributed by atoms with E-state index in [1.54, 1.807) is 6.20 Å². The second-order valence-corrected chi connectivity index (χ2v) is 9.88. The van der Waals surface area contributed by atoms with E-state index in [0.29, 0.717) is 27.3 Å². The fourth-order valence-corrected chi connectivity index (χ4v) is 6.16. The summed E-state index contributed by atoms with van der Waals surface area (Å²) >= 11 is 7.77. The molecular formula is C20H25ClN6S. The van der Waals surface area contributed by atoms with E-state index in [-0.39, 0.29) is 0 Å². The molecular weight excluding hydrogens is 392 g/mol. The topological polar surface area (TPSA) is 94.0 Å². The molecule has 0 bridgehead atoms. The second kappa shape index (κ2) is 6.75. The van der Waals surface area contributed by atoms with Crippen molar-refractivity contribution in [2.75, 3.05) is 23.7 Å². The van der Waals surface area contributed by atoms with E-state index in [0.717, 1.165) is 54.2 Å². The molecule has 4 N–H and O–H groups in total. The number of anilines is 2. The molecule has 3 fully saturated rings. The largest absolute Gasteiger partial charge is 0.381 e. The van der Waals surface area contributed by atoms with Crippen molar-refractivity contribution in [1.29, 1.82) is 0 Å². The molecule has 8 heteroatoms. The van der Waals surface area contributed by atoms with Gasteiger partial charge in [0, 0.05) is 30.2 Å². The van der Waals surface area contributed by atoms with Gasteiger partial charge in [0.15, 0.2) is 5.82 Å². The molecule has 3 atom stereocenters. The van der Waals surface area contributed by atoms with Gasteiger partial charge in [-0.15, -0.1) is 0 Å². The van der Waals surface area contributed by atoms with Gasteiger partial charge in [-0.05, 0) is 55.9 Å². The highest BCUT2D eigenvalue weighted by molar-refractivity contribution is 7.99. The van der Waals surface area contributed by atoms with Crippen LogP contribution in [0.1, 0.15) is 31.4 Å². The van der Waals surface area contributed by atoms with Crippen LogP contribution in [-0.2, 0) is 0 Å². The maximum Gasteiger partial charge on any atom is 0.158 e. The summed E-state index contributed by atoms with van der Waals surface area (Å²) in [6, 6.07) is 2.26. The first-order valence-corrected chi connectivity index (χ1v) is 11.1. The molecule has 2 aromatic heterocycles. The summed E-state index contributed by atoms with van der Waals surface area (Å²) in [4.78, 5) is 16.6. The van der Waals surface area contributed by atoms with Crippen molar-refractivity contribution < 1.29 is 0 Å². The molecule has 0 aromatic carbocycles. The Labute approximate surface area is 174 Å². The van der Waals surface area contributed by atoms with Crippen molar-refractivity contribution in [2.24, 2.45) is 23.0 Å². The normalized spacial score (nSPS) is 27.8. The third-order valence-corrected chi connectivity index (χ3v) is 8.54. The van der Waals surface area contributed by atoms with Crippen LogP contribution < -0.4 is 16.4 Å². The Kier molecular flexibility index (Phi) is 4.45. The van der Waals surface area contributed by atoms with E-state index < -0.39 is 0 Å². The van der Waals surface area contributed by atoms with E-state index in [1.807, 2.05) is 19.2 Å². The number of rotatable bonds is 3. The molecule has 3 aliphatic rings. The molecule has 2 aliphatic carbocycles. The average molecular weight is 417 g/mol. The van der Waals surface area contributed by atoms with Crippen molar-refractivity contribution in [1.82, 2.24) is 15.0 Å². The summed E-state index contributed by atoms with van der Waals surface area (Å²) < 4.78 is 0. The Morgan fingerprint density at radius 2 is 2.07 bits per heavy atom. The molecule has 2 saturated carbocycles. The molecule has 0 amide bonds. The summed E-state index contributed by atoms with van der Waals surface area (Å²) in [6.45, 7) is 3.83. The van der Waals surface area contributed by atoms with Gasteiger partial charge < -0.3 is 16.4 Å². The number of piperidine rings is 1. The van der Waals surface area contributed by atoms with E-state index in [2.05, 4.69) is 19.9 Å². The zero-order chi connectivity index (χ0) is 19.5. The number of hydrogen-bond acceptors (Lipinski definition) is 7. The first-order valence-electron chi connectivity index (χ1n) is 9.89. The van der Waals surface area contributed by atoms with Crippen LogP contribution in [0.4, 0.5) is 11.6 Å². The van der Waals surface area contributed by atoms with Crippen molar-refractivity contribution >= 4 is 35.0 Å². The lowest BCUT2D eigenvalue weighted by atomic mass is 9.72. The zero-order valence-corrected chi connectivity index (χ0v) is 17.5. The van der Waals surface area contributed by atoms with Crippen molar-refractivity contribution in [3.63, 3.8) is 0 Å². The third-order valence-electron chi connectivity index (χ3n) is 6.88. The Bertz CT molecular complexity index is 914. The maximum atomic E-state index is 6.57. The summed E-state index contributed by atoms with van der Waals surface area (Å²) in [7, 11) is 0. The average Bonchev–Trinajstić information content (AvgIpc) is 3.40. The molecule has 6 nitrogen and oxygen atoms in total. The number of aromatic nitrogens is 3. The van der Waals surface area contributed by atoms with Crippen LogP contribution in [0.3, 0.4) is 0 Å². The Balaban J connectivity index is 1.28. The fourth-order valence-electron chi connectivity index (χ4n) is 5.10. The van der Waals surface area contributed by atoms with Gasteiger partial charge in [-0.3, -0.25) is 4.98 Å². The molecule has 28 heavy (non-hydrogen) atoms. The Morgan fingerprint density at radius 1 is 1.29 bits per heavy atom. The zero-order valence-electron chi connectivity index (χ0n) is 15.9. The van der Waals surface area contributed by atoms with E-state index >= 15 is 0 Å². The number of aryl methyl sites for hydroxylation is 1. The lowest BCUT2D eigenvalue weighted by Gasteiger charge is -2.43. The first-order chi connectivity index (χ1) is 13.5. The smallest absolute Gasteiger partial charge is 0.158 e. The van der Waals surface area contributed by atoms with Gasteiger partial charge in [-0.25, -0.2) is 9.97 Å². The minimum Gasteiger partial charge on any atom is -0.381 e. The fraction of sp³-hybridized carbons (Fsp3) is 0.550. The lowest BCUT2D eigenvalue weighted by Crippen LogP contribution is -2.48. The third kappa shape index (κ3) is 3.04. The van der Waals surface area contributed by atoms with Gasteiger partial charge in [0.25, 0.3) is 0 Å². The SMILES string of the molecule is Cc1nccc(Sc2ncc(N3CCC4(CC3)CC3CC3C4N)nc2N)c1Cl. The highest BCUT2D eigenvalue weighted by atomic mass is 35.5. The Hall–Kier alpha value is -1.57. The van der Waals surface area contributed by atoms with Gasteiger partial charge in [-0.1, -0.05) is 23.4 Å². The number of pyridine rings is 1. The Morgan fingerprint density at radius 3 is 2.75 bits per heavy atom. The molecule has 5 rings (SSSR count). The van der Waals surface area contributed by atoms with E-state index in [1.165, 1.54) is 24.6 Å². The molecule has 2 aromatic rings. The maximum absolute atomic E-state index is 6.57. The van der Waals surface area contributed by atoms with Gasteiger partial charge in [0.1, 0.15) is 10.8 Å². The van der Waals surface area contributed by atoms with Crippen LogP contribution in [-0.4, -0.2) is 34.1 Å². The minimum absolute atomic E-state index is 0.356. The monoisotopic (exact) mass is 416 g/mol. The van der Waals surface area contributed by atoms with Crippen LogP contribution in [0.25, 0.3) is 0 Å². The lowest BCUT2D eigenvalue weighted by molar-refractivity contribution is 0.172. The predicted octanol–water partition coefficient (Wildman–Crippen LogP) is 3.52. The number of nitrogens with zero attached hydrogens (tertiary/aromatic N) is 4. The first kappa shape index (κ1) is 18.5. The number of nitrogen functional groups attached to an aromatic ring is 1. The van der Waals surface area contributed by atoms with Crippen molar-refractivity contribution in [3.8, 4) is 0 Å². The molecule has 3 heterocycles. The van der Waals surface area contributed by atoms with Crippen molar-refractivity contribution in [2.45, 2.75) is 48.6 Å². The number of halogens is 1. The molecule has 3 unspecified atom stereocenters. The number of nitrogens with two attached hydrogens (primary N) is 2. The highest BCUT2D eigenvalue weighted by Gasteiger charge is 2.59. The summed E-state index contributed by atoms with van der Waals surface area (Å²) in [5, 5.41) is 1.30. The van der Waals surface area contributed by atoms with Crippen LogP contribution in [0.2, 0.25) is 5.02 Å². The van der Waals surface area contributed by atoms with E-state index in [9.17, 15) is 0 Å². The van der Waals surface area contributed by atoms with Crippen molar-refractivity contribution in [3.05, 3.63) is 29.2 Å². The molecule has 0 radical (unpaired) electrons. The summed E-state index contributed by atoms with van der Waals surface area (Å²) in [5.41, 5.74) is 13.9. The van der Waals surface area contributed by atoms with Crippen LogP contribution >= 0.6 is 23.4 Å². The molecule has 1 saturated heterocycles. The van der Waals surface area contributed by atoms with Crippen LogP contribution in [0, 0.1) is 24.2 Å². The predicted molar refractivity (Wildman–Crippen MR) is 113 cm³/mol. The van der Waals surface area contributed by atoms with E-state index in [4.69, 9.17) is 23.1 Å². The van der Waals surface area contributed by atoms with Gasteiger partial charge in [-0.2, -0.15) is 0 Å². The second-order valence-electron chi connectivity index (χ2n) is 8.47. The summed E-state index contributed by atoms with van der Waals surface area (Å²) in [6.07, 6.45) is 8.53. The highest BCUT2D eigenvalue weighted by Crippen LogP contribution is 2.62. The quantitative estimate of drug-likeness (QED) is 0.790. The molecule has 148 valence electrons. The minimum atomic E-state index is 0.356. The van der Waals surface area contributed by atoms with Gasteiger partial charge >= 0.3 is 0 Å². The summed E-state index contributed by atoms with van der Waals surface area (Å²) in [5.74, 6) is 2.98. The van der Waals surface area contributed by atoms with Gasteiger partial charge in [0.2, 0.25) is 0 Å². The standard InChI is InChI=1S/C20H25ClN6S/c1-11-16(21)14(2-5-24-11)28-19-18(23)26-15(10-25-19)27-6-3-20(4-7-27)9-12-8-13(12)17(20)22/h2,5,10,12-13,17H,3-4,6-9,22H2,1H3,(H2,23,26). The number of hydrogen-bond donors (Lipinski definition) is 2. The van der Waals surface area contributed by atoms with Crippen LogP contribution in [0.15, 0.2) is 28.4 Å². The number of fused-ring (bicyclic) bond motifs is 1. The van der Waals surface area contributed by atoms with Crippen LogP contribution in [0.5, 0.6) is 0 Å².